The number of ether oxygens (including phenoxy) is 3. The number of hydrogen-bond acceptors (Lipinski definition) is 6. The minimum Gasteiger partial charge on any atom is -0.497 e. The molecular weight excluding hydrogens is 348 g/mol. The van der Waals surface area contributed by atoms with Crippen LogP contribution < -0.4 is 4.74 Å². The number of aliphatic hydroxyl groups is 1. The lowest BCUT2D eigenvalue weighted by molar-refractivity contribution is -0.259. The molecule has 0 aromatic heterocycles. The molecule has 6 heteroatoms. The number of carbonyl (C=O) groups is 2. The van der Waals surface area contributed by atoms with Crippen LogP contribution in [-0.2, 0) is 37.9 Å². The number of benzene rings is 2. The standard InChI is InChI=1S/C21H20O6/c1-12-18(22)19(23)20(24)21(27-12)17-10-14(3-6-15(17)11-26-21)9-13-4-7-16(25-2)8-5-13/h3-8,10,12,19,23H,9,11H2,1-2H3/t12-,19+,21+/m1/s1. The zero-order valence-electron chi connectivity index (χ0n) is 15.1. The molecule has 140 valence electrons. The van der Waals surface area contributed by atoms with E-state index < -0.39 is 29.6 Å². The van der Waals surface area contributed by atoms with E-state index in [1.807, 2.05) is 42.5 Å². The third-order valence-corrected chi connectivity index (χ3v) is 5.11. The van der Waals surface area contributed by atoms with Gasteiger partial charge in [0.05, 0.1) is 13.7 Å². The second-order valence-corrected chi connectivity index (χ2v) is 6.85. The molecule has 1 N–H and O–H groups in total. The summed E-state index contributed by atoms with van der Waals surface area (Å²) < 4.78 is 16.6. The van der Waals surface area contributed by atoms with Gasteiger partial charge in [-0.15, -0.1) is 0 Å². The minimum absolute atomic E-state index is 0.192. The zero-order chi connectivity index (χ0) is 19.2. The number of ketones is 2. The van der Waals surface area contributed by atoms with E-state index >= 15 is 0 Å². The fourth-order valence-electron chi connectivity index (χ4n) is 3.60. The van der Waals surface area contributed by atoms with Crippen molar-refractivity contribution in [3.63, 3.8) is 0 Å². The Labute approximate surface area is 156 Å². The van der Waals surface area contributed by atoms with Gasteiger partial charge in [-0.1, -0.05) is 24.3 Å². The van der Waals surface area contributed by atoms with Crippen LogP contribution in [0.3, 0.4) is 0 Å². The second kappa shape index (κ2) is 6.56. The van der Waals surface area contributed by atoms with Crippen LogP contribution in [0.2, 0.25) is 0 Å². The van der Waals surface area contributed by atoms with Crippen LogP contribution in [0.5, 0.6) is 5.75 Å². The molecule has 0 bridgehead atoms. The molecule has 0 aliphatic carbocycles. The molecule has 0 unspecified atom stereocenters. The Kier molecular flexibility index (Phi) is 4.34. The van der Waals surface area contributed by atoms with Gasteiger partial charge in [0.25, 0.3) is 5.79 Å². The Balaban J connectivity index is 1.67. The molecule has 2 aromatic carbocycles. The average Bonchev–Trinajstić information content (AvgIpc) is 3.04. The van der Waals surface area contributed by atoms with Gasteiger partial charge in [-0.3, -0.25) is 9.59 Å². The second-order valence-electron chi connectivity index (χ2n) is 6.85. The van der Waals surface area contributed by atoms with E-state index in [4.69, 9.17) is 14.2 Å². The molecule has 2 aromatic rings. The van der Waals surface area contributed by atoms with Gasteiger partial charge in [-0.2, -0.15) is 0 Å². The van der Waals surface area contributed by atoms with Crippen LogP contribution in [0.15, 0.2) is 42.5 Å². The number of fused-ring (bicyclic) bond motifs is 2. The summed E-state index contributed by atoms with van der Waals surface area (Å²) in [5, 5.41) is 10.1. The van der Waals surface area contributed by atoms with E-state index in [0.717, 1.165) is 22.4 Å². The van der Waals surface area contributed by atoms with Crippen molar-refractivity contribution in [3.05, 3.63) is 64.7 Å². The number of carbonyl (C=O) groups excluding carboxylic acids is 2. The van der Waals surface area contributed by atoms with Crippen LogP contribution in [-0.4, -0.2) is 36.0 Å². The molecule has 1 spiro atoms. The fourth-order valence-corrected chi connectivity index (χ4v) is 3.60. The third kappa shape index (κ3) is 2.86. The molecule has 27 heavy (non-hydrogen) atoms. The number of aliphatic hydroxyl groups excluding tert-OH is 1. The van der Waals surface area contributed by atoms with Crippen LogP contribution in [0.4, 0.5) is 0 Å². The normalized spacial score (nSPS) is 27.1. The van der Waals surface area contributed by atoms with E-state index in [0.29, 0.717) is 12.0 Å². The molecule has 4 rings (SSSR count). The lowest BCUT2D eigenvalue weighted by Crippen LogP contribution is -2.57. The molecular formula is C21H20O6. The van der Waals surface area contributed by atoms with Gasteiger partial charge < -0.3 is 19.3 Å². The van der Waals surface area contributed by atoms with E-state index in [1.54, 1.807) is 7.11 Å². The van der Waals surface area contributed by atoms with E-state index in [9.17, 15) is 14.7 Å². The smallest absolute Gasteiger partial charge is 0.261 e. The van der Waals surface area contributed by atoms with Crippen molar-refractivity contribution in [2.24, 2.45) is 0 Å². The van der Waals surface area contributed by atoms with Crippen LogP contribution in [0.25, 0.3) is 0 Å². The van der Waals surface area contributed by atoms with Crippen LogP contribution in [0.1, 0.15) is 29.2 Å². The predicted octanol–water partition coefficient (Wildman–Crippen LogP) is 1.89. The Morgan fingerprint density at radius 2 is 1.85 bits per heavy atom. The number of hydrogen-bond donors (Lipinski definition) is 1. The van der Waals surface area contributed by atoms with E-state index in [2.05, 4.69) is 0 Å². The van der Waals surface area contributed by atoms with Gasteiger partial charge in [0.15, 0.2) is 11.9 Å². The molecule has 2 aliphatic heterocycles. The van der Waals surface area contributed by atoms with Gasteiger partial charge in [0, 0.05) is 5.56 Å². The van der Waals surface area contributed by atoms with Crippen molar-refractivity contribution in [1.82, 2.24) is 0 Å². The third-order valence-electron chi connectivity index (χ3n) is 5.11. The summed E-state index contributed by atoms with van der Waals surface area (Å²) in [4.78, 5) is 24.6. The fraction of sp³-hybridized carbons (Fsp3) is 0.333. The first-order valence-corrected chi connectivity index (χ1v) is 8.77. The minimum atomic E-state index is -1.73. The lowest BCUT2D eigenvalue weighted by atomic mass is 9.88. The monoisotopic (exact) mass is 368 g/mol. The van der Waals surface area contributed by atoms with Gasteiger partial charge in [-0.05, 0) is 48.2 Å². The summed E-state index contributed by atoms with van der Waals surface area (Å²) in [7, 11) is 1.62. The van der Waals surface area contributed by atoms with Gasteiger partial charge >= 0.3 is 0 Å². The number of methoxy groups -OCH3 is 1. The highest BCUT2D eigenvalue weighted by molar-refractivity contribution is 6.11. The summed E-state index contributed by atoms with van der Waals surface area (Å²) in [6, 6.07) is 13.5. The molecule has 6 nitrogen and oxygen atoms in total. The first-order chi connectivity index (χ1) is 12.9. The Morgan fingerprint density at radius 3 is 2.56 bits per heavy atom. The molecule has 2 aliphatic rings. The van der Waals surface area contributed by atoms with Crippen molar-refractivity contribution < 1.29 is 28.9 Å². The topological polar surface area (TPSA) is 82.1 Å². The molecule has 0 saturated carbocycles. The first-order valence-electron chi connectivity index (χ1n) is 8.77. The summed E-state index contributed by atoms with van der Waals surface area (Å²) in [6.45, 7) is 1.71. The molecule has 1 fully saturated rings. The van der Waals surface area contributed by atoms with E-state index in [1.165, 1.54) is 6.92 Å². The molecule has 1 saturated heterocycles. The van der Waals surface area contributed by atoms with Gasteiger partial charge in [0.2, 0.25) is 5.78 Å². The van der Waals surface area contributed by atoms with E-state index in [-0.39, 0.29) is 6.61 Å². The van der Waals surface area contributed by atoms with Crippen molar-refractivity contribution >= 4 is 11.6 Å². The summed E-state index contributed by atoms with van der Waals surface area (Å²) >= 11 is 0. The highest BCUT2D eigenvalue weighted by Crippen LogP contribution is 2.43. The molecule has 2 heterocycles. The SMILES string of the molecule is COc1ccc(Cc2ccc3c(c2)[C@]2(OC3)O[C@H](C)C(=O)[C@H](O)C2=O)cc1. The highest BCUT2D eigenvalue weighted by atomic mass is 16.7. The highest BCUT2D eigenvalue weighted by Gasteiger charge is 2.57. The summed E-state index contributed by atoms with van der Waals surface area (Å²) in [5.41, 5.74) is 3.44. The molecule has 0 radical (unpaired) electrons. The van der Waals surface area contributed by atoms with Crippen LogP contribution in [0, 0.1) is 0 Å². The van der Waals surface area contributed by atoms with Crippen molar-refractivity contribution in [2.45, 2.75) is 37.9 Å². The summed E-state index contributed by atoms with van der Waals surface area (Å²) in [6.07, 6.45) is -2.00. The number of rotatable bonds is 3. The first kappa shape index (κ1) is 17.9. The number of Topliss-reactive ketones (excluding diaryl/α,β-unsaturated/α-hetero) is 2. The quantitative estimate of drug-likeness (QED) is 0.833. The van der Waals surface area contributed by atoms with Crippen molar-refractivity contribution in [1.29, 1.82) is 0 Å². The molecule has 0 amide bonds. The lowest BCUT2D eigenvalue weighted by Gasteiger charge is -2.36. The van der Waals surface area contributed by atoms with Crippen LogP contribution >= 0.6 is 0 Å². The summed E-state index contributed by atoms with van der Waals surface area (Å²) in [5.74, 6) is -2.32. The van der Waals surface area contributed by atoms with Gasteiger partial charge in [0.1, 0.15) is 11.9 Å². The maximum atomic E-state index is 12.7. The average molecular weight is 368 g/mol. The zero-order valence-corrected chi connectivity index (χ0v) is 15.1. The Bertz CT molecular complexity index is 903. The maximum absolute atomic E-state index is 12.7. The Morgan fingerprint density at radius 1 is 1.15 bits per heavy atom. The largest absolute Gasteiger partial charge is 0.497 e. The maximum Gasteiger partial charge on any atom is 0.261 e. The van der Waals surface area contributed by atoms with Crippen molar-refractivity contribution in [3.8, 4) is 5.75 Å². The molecule has 3 atom stereocenters. The van der Waals surface area contributed by atoms with Crippen molar-refractivity contribution in [2.75, 3.05) is 7.11 Å². The van der Waals surface area contributed by atoms with Gasteiger partial charge in [-0.25, -0.2) is 0 Å². The Hall–Kier alpha value is -2.54. The predicted molar refractivity (Wildman–Crippen MR) is 95.3 cm³/mol.